The lowest BCUT2D eigenvalue weighted by Gasteiger charge is -2.44. The summed E-state index contributed by atoms with van der Waals surface area (Å²) in [4.78, 5) is 35.8. The van der Waals surface area contributed by atoms with E-state index in [-0.39, 0.29) is 17.7 Å². The summed E-state index contributed by atoms with van der Waals surface area (Å²) in [6, 6.07) is -0.925. The second kappa shape index (κ2) is 5.81. The summed E-state index contributed by atoms with van der Waals surface area (Å²) in [5.74, 6) is -1.42. The van der Waals surface area contributed by atoms with E-state index in [0.29, 0.717) is 44.4 Å². The van der Waals surface area contributed by atoms with Gasteiger partial charge in [-0.25, -0.2) is 9.80 Å². The average molecular weight is 286 g/mol. The van der Waals surface area contributed by atoms with Gasteiger partial charge in [-0.1, -0.05) is 0 Å². The van der Waals surface area contributed by atoms with Crippen molar-refractivity contribution in [1.29, 1.82) is 0 Å². The zero-order valence-electron chi connectivity index (χ0n) is 10.6. The fourth-order valence-corrected chi connectivity index (χ4v) is 3.03. The summed E-state index contributed by atoms with van der Waals surface area (Å²) in [6.45, 7) is 0.424. The lowest BCUT2D eigenvalue weighted by Crippen LogP contribution is -2.62. The second-order valence-electron chi connectivity index (χ2n) is 4.97. The molecule has 0 aliphatic carbocycles. The van der Waals surface area contributed by atoms with Crippen molar-refractivity contribution in [2.45, 2.75) is 38.1 Å². The molecular weight excluding hydrogens is 268 g/mol. The minimum Gasteiger partial charge on any atom is -0.480 e. The molecule has 2 saturated heterocycles. The monoisotopic (exact) mass is 286 g/mol. The number of carboxylic acid groups (broad SMARTS) is 1. The molecule has 7 heteroatoms. The first-order valence-corrected chi connectivity index (χ1v) is 7.16. The molecule has 2 rings (SSSR count). The molecule has 0 bridgehead atoms. The Labute approximate surface area is 117 Å². The molecule has 2 aliphatic heterocycles. The molecule has 106 valence electrons. The van der Waals surface area contributed by atoms with Crippen LogP contribution < -0.4 is 0 Å². The number of rotatable bonds is 2. The molecule has 0 unspecified atom stereocenters. The summed E-state index contributed by atoms with van der Waals surface area (Å²) in [5, 5.41) is 11.8. The van der Waals surface area contributed by atoms with Crippen LogP contribution in [0.1, 0.15) is 32.1 Å². The van der Waals surface area contributed by atoms with Crippen LogP contribution in [0.3, 0.4) is 0 Å². The highest BCUT2D eigenvalue weighted by atomic mass is 32.1. The molecule has 19 heavy (non-hydrogen) atoms. The number of nitrogens with zero attached hydrogens (tertiary/aromatic N) is 2. The van der Waals surface area contributed by atoms with E-state index in [1.165, 1.54) is 10.0 Å². The van der Waals surface area contributed by atoms with Gasteiger partial charge >= 0.3 is 5.97 Å². The van der Waals surface area contributed by atoms with E-state index in [4.69, 9.17) is 0 Å². The molecule has 2 fully saturated rings. The van der Waals surface area contributed by atoms with Crippen LogP contribution in [0.2, 0.25) is 0 Å². The van der Waals surface area contributed by atoms with E-state index in [2.05, 4.69) is 12.6 Å². The van der Waals surface area contributed by atoms with Gasteiger partial charge in [-0.3, -0.25) is 14.6 Å². The van der Waals surface area contributed by atoms with Crippen LogP contribution in [0.25, 0.3) is 0 Å². The van der Waals surface area contributed by atoms with Crippen LogP contribution in [0.5, 0.6) is 0 Å². The van der Waals surface area contributed by atoms with Crippen molar-refractivity contribution in [2.75, 3.05) is 12.3 Å². The fraction of sp³-hybridized carbons (Fsp3) is 0.750. The van der Waals surface area contributed by atoms with Crippen LogP contribution in [-0.4, -0.2) is 51.2 Å². The highest BCUT2D eigenvalue weighted by Crippen LogP contribution is 2.27. The van der Waals surface area contributed by atoms with Crippen LogP contribution >= 0.6 is 12.6 Å². The Morgan fingerprint density at radius 3 is 2.68 bits per heavy atom. The Morgan fingerprint density at radius 1 is 1.32 bits per heavy atom. The molecule has 2 amide bonds. The van der Waals surface area contributed by atoms with E-state index < -0.39 is 12.0 Å². The van der Waals surface area contributed by atoms with Crippen molar-refractivity contribution in [2.24, 2.45) is 5.92 Å². The van der Waals surface area contributed by atoms with Crippen LogP contribution in [0.4, 0.5) is 0 Å². The number of fused-ring (bicyclic) bond motifs is 1. The second-order valence-corrected chi connectivity index (χ2v) is 5.33. The third-order valence-electron chi connectivity index (χ3n) is 3.71. The predicted molar refractivity (Wildman–Crippen MR) is 70.4 cm³/mol. The molecule has 0 radical (unpaired) electrons. The third kappa shape index (κ3) is 2.70. The van der Waals surface area contributed by atoms with Crippen LogP contribution in [-0.2, 0) is 14.4 Å². The highest BCUT2D eigenvalue weighted by molar-refractivity contribution is 7.80. The lowest BCUT2D eigenvalue weighted by atomic mass is 9.98. The number of hydrogen-bond acceptors (Lipinski definition) is 4. The maximum atomic E-state index is 12.4. The van der Waals surface area contributed by atoms with E-state index in [1.54, 1.807) is 0 Å². The Hall–Kier alpha value is -1.24. The minimum atomic E-state index is -1.05. The molecule has 2 aliphatic rings. The summed E-state index contributed by atoms with van der Waals surface area (Å²) >= 11 is 4.17. The number of aliphatic carboxylic acids is 1. The predicted octanol–water partition coefficient (Wildman–Crippen LogP) is 0.535. The highest BCUT2D eigenvalue weighted by Gasteiger charge is 2.42. The Balaban J connectivity index is 2.33. The molecule has 2 atom stereocenters. The van der Waals surface area contributed by atoms with Crippen LogP contribution in [0.15, 0.2) is 0 Å². The van der Waals surface area contributed by atoms with Gasteiger partial charge in [0, 0.05) is 24.6 Å². The van der Waals surface area contributed by atoms with Crippen molar-refractivity contribution in [3.8, 4) is 0 Å². The first-order chi connectivity index (χ1) is 9.06. The van der Waals surface area contributed by atoms with E-state index in [0.717, 1.165) is 0 Å². The maximum absolute atomic E-state index is 12.4. The molecule has 0 aromatic carbocycles. The van der Waals surface area contributed by atoms with Gasteiger partial charge in [-0.05, 0) is 25.7 Å². The number of hydrogen-bond donors (Lipinski definition) is 2. The zero-order valence-corrected chi connectivity index (χ0v) is 11.5. The zero-order chi connectivity index (χ0) is 14.0. The number of thiol groups is 1. The molecule has 0 aromatic rings. The molecule has 2 heterocycles. The van der Waals surface area contributed by atoms with Gasteiger partial charge in [-0.15, -0.1) is 0 Å². The topological polar surface area (TPSA) is 77.9 Å². The molecule has 0 aromatic heterocycles. The Bertz CT molecular complexity index is 401. The largest absolute Gasteiger partial charge is 0.480 e. The number of hydrazine groups is 1. The van der Waals surface area contributed by atoms with Gasteiger partial charge in [0.05, 0.1) is 0 Å². The van der Waals surface area contributed by atoms with Gasteiger partial charge in [0.2, 0.25) is 11.8 Å². The number of amides is 2. The van der Waals surface area contributed by atoms with Gasteiger partial charge in [0.25, 0.3) is 0 Å². The third-order valence-corrected chi connectivity index (χ3v) is 4.16. The van der Waals surface area contributed by atoms with Gasteiger partial charge in [0.1, 0.15) is 0 Å². The SMILES string of the molecule is O=C(O)[C@@H]1CCCN2C(=O)CCC[C@H](CS)C(=O)N12. The first-order valence-electron chi connectivity index (χ1n) is 6.53. The van der Waals surface area contributed by atoms with E-state index >= 15 is 0 Å². The smallest absolute Gasteiger partial charge is 0.328 e. The number of carbonyl (C=O) groups excluding carboxylic acids is 2. The minimum absolute atomic E-state index is 0.156. The fourth-order valence-electron chi connectivity index (χ4n) is 2.69. The van der Waals surface area contributed by atoms with Crippen molar-refractivity contribution in [3.63, 3.8) is 0 Å². The summed E-state index contributed by atoms with van der Waals surface area (Å²) in [5.41, 5.74) is 0. The molecule has 0 spiro atoms. The normalized spacial score (nSPS) is 28.7. The maximum Gasteiger partial charge on any atom is 0.328 e. The summed E-state index contributed by atoms with van der Waals surface area (Å²) < 4.78 is 0. The lowest BCUT2D eigenvalue weighted by molar-refractivity contribution is -0.186. The summed E-state index contributed by atoms with van der Waals surface area (Å²) in [6.07, 6.45) is 2.60. The molecule has 6 nitrogen and oxygen atoms in total. The average Bonchev–Trinajstić information content (AvgIpc) is 2.40. The molecular formula is C12H18N2O4S. The van der Waals surface area contributed by atoms with E-state index in [1.807, 2.05) is 0 Å². The van der Waals surface area contributed by atoms with Gasteiger partial charge in [-0.2, -0.15) is 12.6 Å². The number of carbonyl (C=O) groups is 3. The Kier molecular flexibility index (Phi) is 4.34. The quantitative estimate of drug-likeness (QED) is 0.726. The van der Waals surface area contributed by atoms with Crippen molar-refractivity contribution < 1.29 is 19.5 Å². The van der Waals surface area contributed by atoms with E-state index in [9.17, 15) is 19.5 Å². The Morgan fingerprint density at radius 2 is 2.05 bits per heavy atom. The van der Waals surface area contributed by atoms with Crippen molar-refractivity contribution in [1.82, 2.24) is 10.0 Å². The van der Waals surface area contributed by atoms with Gasteiger partial charge in [0.15, 0.2) is 6.04 Å². The molecule has 0 saturated carbocycles. The summed E-state index contributed by atoms with van der Waals surface area (Å²) in [7, 11) is 0. The first kappa shape index (κ1) is 14.2. The van der Waals surface area contributed by atoms with Crippen molar-refractivity contribution >= 4 is 30.4 Å². The standard InChI is InChI=1S/C12H18N2O4S/c15-10-5-1-3-8(7-19)11(16)14-9(12(17)18)4-2-6-13(10)14/h8-9,19H,1-7H2,(H,17,18)/t8-,9+/m1/s1. The molecule has 1 N–H and O–H groups in total. The van der Waals surface area contributed by atoms with Crippen molar-refractivity contribution in [3.05, 3.63) is 0 Å². The van der Waals surface area contributed by atoms with Crippen LogP contribution in [0, 0.1) is 5.92 Å². The van der Waals surface area contributed by atoms with Gasteiger partial charge < -0.3 is 5.11 Å². The number of carboxylic acids is 1.